The first kappa shape index (κ1) is 23.2. The molecule has 1 aliphatic heterocycles. The van der Waals surface area contributed by atoms with Gasteiger partial charge in [0.25, 0.3) is 11.5 Å². The van der Waals surface area contributed by atoms with Crippen molar-refractivity contribution in [1.29, 1.82) is 0 Å². The van der Waals surface area contributed by atoms with E-state index in [4.69, 9.17) is 16.3 Å². The van der Waals surface area contributed by atoms with Crippen LogP contribution in [0.4, 0.5) is 4.79 Å². The Balaban J connectivity index is 1.34. The second-order valence-corrected chi connectivity index (χ2v) is 9.95. The third-order valence-electron chi connectivity index (χ3n) is 6.93. The van der Waals surface area contributed by atoms with Gasteiger partial charge in [0.05, 0.1) is 13.2 Å². The van der Waals surface area contributed by atoms with Crippen LogP contribution in [0.25, 0.3) is 21.9 Å². The number of aromatic nitrogens is 2. The molecule has 9 nitrogen and oxygen atoms in total. The maximum absolute atomic E-state index is 13.1. The number of carbonyl (C=O) groups excluding carboxylic acids is 2. The third-order valence-corrected chi connectivity index (χ3v) is 7.21. The number of imide groups is 1. The van der Waals surface area contributed by atoms with Crippen molar-refractivity contribution in [1.82, 2.24) is 20.2 Å². The fourth-order valence-electron chi connectivity index (χ4n) is 4.66. The molecule has 2 aromatic carbocycles. The lowest BCUT2D eigenvalue weighted by molar-refractivity contribution is -0.124. The number of hydrogen-bond donors (Lipinski definition) is 4. The second-order valence-electron chi connectivity index (χ2n) is 9.54. The van der Waals surface area contributed by atoms with Crippen LogP contribution in [0.3, 0.4) is 0 Å². The lowest BCUT2D eigenvalue weighted by Crippen LogP contribution is -2.47. The Morgan fingerprint density at radius 2 is 1.84 bits per heavy atom. The van der Waals surface area contributed by atoms with Crippen LogP contribution in [0.15, 0.2) is 65.7 Å². The van der Waals surface area contributed by atoms with E-state index >= 15 is 0 Å². The minimum atomic E-state index is -1.45. The Bertz CT molecular complexity index is 1610. The summed E-state index contributed by atoms with van der Waals surface area (Å²) in [5.41, 5.74) is 0.151. The van der Waals surface area contributed by atoms with Crippen LogP contribution in [0.5, 0.6) is 11.6 Å². The van der Waals surface area contributed by atoms with Crippen LogP contribution in [0, 0.1) is 5.92 Å². The van der Waals surface area contributed by atoms with E-state index in [2.05, 4.69) is 15.6 Å². The number of amides is 3. The van der Waals surface area contributed by atoms with E-state index in [-0.39, 0.29) is 23.0 Å². The van der Waals surface area contributed by atoms with E-state index < -0.39 is 17.5 Å². The van der Waals surface area contributed by atoms with Gasteiger partial charge in [-0.05, 0) is 59.7 Å². The molecule has 1 saturated carbocycles. The largest absolute Gasteiger partial charge is 0.494 e. The van der Waals surface area contributed by atoms with E-state index in [0.717, 1.165) is 10.9 Å². The second kappa shape index (κ2) is 8.70. The van der Waals surface area contributed by atoms with Crippen molar-refractivity contribution in [2.45, 2.75) is 24.9 Å². The van der Waals surface area contributed by atoms with Gasteiger partial charge in [0.1, 0.15) is 10.8 Å². The monoisotopic (exact) mass is 518 g/mol. The molecule has 6 rings (SSSR count). The van der Waals surface area contributed by atoms with E-state index in [1.165, 1.54) is 12.8 Å². The van der Waals surface area contributed by atoms with Gasteiger partial charge in [0, 0.05) is 23.2 Å². The lowest BCUT2D eigenvalue weighted by atomic mass is 9.88. The van der Waals surface area contributed by atoms with Gasteiger partial charge in [0.2, 0.25) is 0 Å². The maximum Gasteiger partial charge on any atom is 0.322 e. The standard InChI is InChI=1S/C27H23ClN4O5/c28-22-9-18(11-29-23(22)33)16-3-6-19(7-4-16)27(25(35)30-26(36)31-27)14-32-12-17-5-8-20(10-21(17)24(32)34)37-13-15-1-2-15/h3-12,15,34H,1-2,13-14H2,(H,29,33)(H2,30,31,35,36)/t27-/m0/s1. The first-order valence-corrected chi connectivity index (χ1v) is 12.3. The van der Waals surface area contributed by atoms with Crippen molar-refractivity contribution in [2.75, 3.05) is 6.61 Å². The summed E-state index contributed by atoms with van der Waals surface area (Å²) in [5.74, 6) is 0.723. The summed E-state index contributed by atoms with van der Waals surface area (Å²) >= 11 is 5.96. The summed E-state index contributed by atoms with van der Waals surface area (Å²) in [7, 11) is 0. The first-order valence-electron chi connectivity index (χ1n) is 11.9. The average molecular weight is 519 g/mol. The van der Waals surface area contributed by atoms with Crippen LogP contribution in [0.1, 0.15) is 18.4 Å². The zero-order valence-corrected chi connectivity index (χ0v) is 20.3. The molecule has 2 aromatic heterocycles. The topological polar surface area (TPSA) is 125 Å². The van der Waals surface area contributed by atoms with Crippen LogP contribution in [-0.4, -0.2) is 33.2 Å². The number of aromatic amines is 1. The number of pyridine rings is 1. The molecule has 4 N–H and O–H groups in total. The van der Waals surface area contributed by atoms with Crippen molar-refractivity contribution < 1.29 is 19.4 Å². The number of ether oxygens (including phenoxy) is 1. The van der Waals surface area contributed by atoms with Crippen LogP contribution >= 0.6 is 11.6 Å². The summed E-state index contributed by atoms with van der Waals surface area (Å²) in [6, 6.07) is 13.4. The van der Waals surface area contributed by atoms with E-state index in [0.29, 0.717) is 34.8 Å². The molecule has 2 aliphatic rings. The molecule has 1 saturated heterocycles. The SMILES string of the molecule is O=C1NC(=O)[C@](Cn2cc3ccc(OCC4CC4)cc3c2O)(c2ccc(-c3c[nH]c(=O)c(Cl)c3)cc2)N1. The Kier molecular flexibility index (Phi) is 5.45. The molecular formula is C27H23ClN4O5. The molecule has 37 heavy (non-hydrogen) atoms. The molecule has 0 spiro atoms. The van der Waals surface area contributed by atoms with Crippen molar-refractivity contribution >= 4 is 34.3 Å². The van der Waals surface area contributed by atoms with Crippen molar-refractivity contribution in [2.24, 2.45) is 5.92 Å². The molecular weight excluding hydrogens is 496 g/mol. The van der Waals surface area contributed by atoms with Gasteiger partial charge in [0.15, 0.2) is 11.4 Å². The number of fused-ring (bicyclic) bond motifs is 1. The molecule has 0 unspecified atom stereocenters. The van der Waals surface area contributed by atoms with Gasteiger partial charge < -0.3 is 24.7 Å². The summed E-state index contributed by atoms with van der Waals surface area (Å²) in [4.78, 5) is 39.5. The number of nitrogens with one attached hydrogen (secondary N) is 3. The number of hydrogen-bond acceptors (Lipinski definition) is 5. The van der Waals surface area contributed by atoms with Crippen LogP contribution in [-0.2, 0) is 16.9 Å². The van der Waals surface area contributed by atoms with Crippen LogP contribution < -0.4 is 20.9 Å². The fourth-order valence-corrected chi connectivity index (χ4v) is 4.83. The number of H-pyrrole nitrogens is 1. The van der Waals surface area contributed by atoms with Crippen LogP contribution in [0.2, 0.25) is 5.02 Å². The molecule has 3 amide bonds. The van der Waals surface area contributed by atoms with E-state index in [9.17, 15) is 19.5 Å². The third kappa shape index (κ3) is 4.21. The number of aromatic hydroxyl groups is 1. The molecule has 2 fully saturated rings. The number of carbonyl (C=O) groups is 2. The molecule has 1 aliphatic carbocycles. The summed E-state index contributed by atoms with van der Waals surface area (Å²) < 4.78 is 7.40. The average Bonchev–Trinajstić information content (AvgIpc) is 3.61. The lowest BCUT2D eigenvalue weighted by Gasteiger charge is -2.27. The van der Waals surface area contributed by atoms with Gasteiger partial charge in [-0.25, -0.2) is 4.79 Å². The molecule has 10 heteroatoms. The highest BCUT2D eigenvalue weighted by atomic mass is 35.5. The van der Waals surface area contributed by atoms with Gasteiger partial charge in [-0.1, -0.05) is 35.9 Å². The first-order chi connectivity index (χ1) is 17.8. The summed E-state index contributed by atoms with van der Waals surface area (Å²) in [6.07, 6.45) is 5.65. The summed E-state index contributed by atoms with van der Waals surface area (Å²) in [6.45, 7) is 0.622. The molecule has 188 valence electrons. The minimum Gasteiger partial charge on any atom is -0.494 e. The van der Waals surface area contributed by atoms with E-state index in [1.807, 2.05) is 12.1 Å². The molecule has 0 radical (unpaired) electrons. The zero-order chi connectivity index (χ0) is 25.7. The molecule has 4 aromatic rings. The Morgan fingerprint density at radius 1 is 1.05 bits per heavy atom. The predicted molar refractivity (Wildman–Crippen MR) is 138 cm³/mol. The predicted octanol–water partition coefficient (Wildman–Crippen LogP) is 3.88. The van der Waals surface area contributed by atoms with Gasteiger partial charge in [-0.2, -0.15) is 0 Å². The zero-order valence-electron chi connectivity index (χ0n) is 19.6. The van der Waals surface area contributed by atoms with Crippen molar-refractivity contribution in [3.63, 3.8) is 0 Å². The quantitative estimate of drug-likeness (QED) is 0.276. The molecule has 0 bridgehead atoms. The fraction of sp³-hybridized carbons (Fsp3) is 0.222. The van der Waals surface area contributed by atoms with Gasteiger partial charge >= 0.3 is 6.03 Å². The number of benzene rings is 2. The van der Waals surface area contributed by atoms with Crippen molar-refractivity contribution in [3.05, 3.63) is 81.9 Å². The number of nitrogens with zero attached hydrogens (tertiary/aromatic N) is 1. The number of halogens is 1. The molecule has 1 atom stereocenters. The smallest absolute Gasteiger partial charge is 0.322 e. The highest BCUT2D eigenvalue weighted by molar-refractivity contribution is 6.30. The highest BCUT2D eigenvalue weighted by Gasteiger charge is 2.48. The summed E-state index contributed by atoms with van der Waals surface area (Å²) in [5, 5.41) is 17.6. The van der Waals surface area contributed by atoms with E-state index in [1.54, 1.807) is 53.4 Å². The Labute approximate surface area is 216 Å². The molecule has 3 heterocycles. The van der Waals surface area contributed by atoms with Gasteiger partial charge in [-0.3, -0.25) is 14.9 Å². The Morgan fingerprint density at radius 3 is 2.51 bits per heavy atom. The minimum absolute atomic E-state index is 0.0281. The van der Waals surface area contributed by atoms with Gasteiger partial charge in [-0.15, -0.1) is 0 Å². The number of urea groups is 1. The van der Waals surface area contributed by atoms with Crippen molar-refractivity contribution in [3.8, 4) is 22.8 Å². The Hall–Kier alpha value is -4.24. The maximum atomic E-state index is 13.1. The highest BCUT2D eigenvalue weighted by Crippen LogP contribution is 2.36. The number of rotatable bonds is 7. The normalized spacial score (nSPS) is 19.2.